The predicted octanol–water partition coefficient (Wildman–Crippen LogP) is 2.57. The van der Waals surface area contributed by atoms with E-state index in [9.17, 15) is 0 Å². The number of rotatable bonds is 4. The minimum atomic E-state index is -0.0575. The zero-order valence-electron chi connectivity index (χ0n) is 18.0. The topological polar surface area (TPSA) is 68.5 Å². The van der Waals surface area contributed by atoms with Crippen LogP contribution in [-0.4, -0.2) is 89.6 Å². The standard InChI is InChI=1S/C21H32N6O2S/c1-25-7-3-16(4-8-25)27-20(23-19(24-27)17-14-26(2)9-12-29-17)18-13-22-21(30-18)15-5-10-28-11-6-15/h13,15-17H,3-12,14H2,1-2H3. The van der Waals surface area contributed by atoms with Gasteiger partial charge in [0.2, 0.25) is 0 Å². The summed E-state index contributed by atoms with van der Waals surface area (Å²) in [5.74, 6) is 2.29. The third-order valence-electron chi connectivity index (χ3n) is 6.55. The second kappa shape index (κ2) is 9.00. The van der Waals surface area contributed by atoms with E-state index in [1.807, 2.05) is 6.20 Å². The third-order valence-corrected chi connectivity index (χ3v) is 7.71. The number of morpholine rings is 1. The highest BCUT2D eigenvalue weighted by Gasteiger charge is 2.30. The molecule has 0 saturated carbocycles. The Kier molecular flexibility index (Phi) is 6.15. The Balaban J connectivity index is 1.45. The molecule has 5 rings (SSSR count). The molecular weight excluding hydrogens is 400 g/mol. The number of hydrogen-bond donors (Lipinski definition) is 0. The number of piperidine rings is 1. The second-order valence-corrected chi connectivity index (χ2v) is 9.91. The van der Waals surface area contributed by atoms with Crippen molar-refractivity contribution in [2.45, 2.75) is 43.7 Å². The van der Waals surface area contributed by atoms with Gasteiger partial charge < -0.3 is 19.3 Å². The van der Waals surface area contributed by atoms with Crippen LogP contribution in [0.3, 0.4) is 0 Å². The van der Waals surface area contributed by atoms with E-state index in [2.05, 4.69) is 28.6 Å². The van der Waals surface area contributed by atoms with Gasteiger partial charge >= 0.3 is 0 Å². The first-order chi connectivity index (χ1) is 14.7. The SMILES string of the molecule is CN1CCC(n2nc(C3CN(C)CCO3)nc2-c2cnc(C3CCOCC3)s2)CC1. The van der Waals surface area contributed by atoms with E-state index >= 15 is 0 Å². The molecule has 0 radical (unpaired) electrons. The number of likely N-dealkylation sites (N-methyl/N-ethyl adjacent to an activating group) is 1. The van der Waals surface area contributed by atoms with Gasteiger partial charge in [0.15, 0.2) is 11.6 Å². The maximum atomic E-state index is 6.03. The van der Waals surface area contributed by atoms with Crippen molar-refractivity contribution in [3.8, 4) is 10.7 Å². The van der Waals surface area contributed by atoms with Crippen LogP contribution < -0.4 is 0 Å². The van der Waals surface area contributed by atoms with Crippen LogP contribution >= 0.6 is 11.3 Å². The molecule has 8 nitrogen and oxygen atoms in total. The molecule has 3 aliphatic heterocycles. The fraction of sp³-hybridized carbons (Fsp3) is 0.762. The van der Waals surface area contributed by atoms with Crippen molar-refractivity contribution in [2.24, 2.45) is 0 Å². The molecule has 9 heteroatoms. The summed E-state index contributed by atoms with van der Waals surface area (Å²) in [5, 5.41) is 6.22. The van der Waals surface area contributed by atoms with Crippen LogP contribution in [0.5, 0.6) is 0 Å². The van der Waals surface area contributed by atoms with Gasteiger partial charge in [-0.3, -0.25) is 0 Å². The second-order valence-electron chi connectivity index (χ2n) is 8.84. The molecule has 3 aliphatic rings. The number of thiazole rings is 1. The number of hydrogen-bond acceptors (Lipinski definition) is 8. The number of aromatic nitrogens is 4. The smallest absolute Gasteiger partial charge is 0.181 e. The Labute approximate surface area is 182 Å². The predicted molar refractivity (Wildman–Crippen MR) is 116 cm³/mol. The normalized spacial score (nSPS) is 25.7. The van der Waals surface area contributed by atoms with Crippen molar-refractivity contribution >= 4 is 11.3 Å². The first kappa shape index (κ1) is 20.5. The fourth-order valence-corrected chi connectivity index (χ4v) is 5.67. The van der Waals surface area contributed by atoms with Crippen molar-refractivity contribution in [3.63, 3.8) is 0 Å². The Morgan fingerprint density at radius 1 is 1.00 bits per heavy atom. The molecule has 5 heterocycles. The molecule has 2 aromatic heterocycles. The lowest BCUT2D eigenvalue weighted by Crippen LogP contribution is -2.36. The van der Waals surface area contributed by atoms with Gasteiger partial charge in [-0.1, -0.05) is 0 Å². The van der Waals surface area contributed by atoms with Gasteiger partial charge in [0, 0.05) is 38.4 Å². The first-order valence-corrected chi connectivity index (χ1v) is 12.0. The van der Waals surface area contributed by atoms with E-state index in [0.717, 1.165) is 88.2 Å². The number of ether oxygens (including phenoxy) is 2. The average molecular weight is 433 g/mol. The molecule has 0 amide bonds. The molecule has 1 unspecified atom stereocenters. The summed E-state index contributed by atoms with van der Waals surface area (Å²) in [6.45, 7) is 6.39. The Hall–Kier alpha value is -1.39. The lowest BCUT2D eigenvalue weighted by molar-refractivity contribution is -0.0256. The highest BCUT2D eigenvalue weighted by molar-refractivity contribution is 7.15. The van der Waals surface area contributed by atoms with Crippen LogP contribution in [0.2, 0.25) is 0 Å². The summed E-state index contributed by atoms with van der Waals surface area (Å²) in [4.78, 5) is 15.6. The van der Waals surface area contributed by atoms with Gasteiger partial charge in [-0.25, -0.2) is 14.6 Å². The molecule has 30 heavy (non-hydrogen) atoms. The zero-order chi connectivity index (χ0) is 20.5. The summed E-state index contributed by atoms with van der Waals surface area (Å²) in [6, 6.07) is 0.382. The molecule has 0 spiro atoms. The monoisotopic (exact) mass is 432 g/mol. The van der Waals surface area contributed by atoms with Gasteiger partial charge in [0.05, 0.1) is 22.5 Å². The van der Waals surface area contributed by atoms with Crippen LogP contribution in [-0.2, 0) is 9.47 Å². The largest absolute Gasteiger partial charge is 0.381 e. The van der Waals surface area contributed by atoms with Crippen molar-refractivity contribution in [2.75, 3.05) is 60.1 Å². The molecule has 0 N–H and O–H groups in total. The zero-order valence-corrected chi connectivity index (χ0v) is 18.8. The molecule has 0 bridgehead atoms. The lowest BCUT2D eigenvalue weighted by Gasteiger charge is -2.30. The Morgan fingerprint density at radius 3 is 2.57 bits per heavy atom. The summed E-state index contributed by atoms with van der Waals surface area (Å²) in [6.07, 6.45) is 6.26. The Morgan fingerprint density at radius 2 is 1.80 bits per heavy atom. The van der Waals surface area contributed by atoms with E-state index in [1.165, 1.54) is 5.01 Å². The fourth-order valence-electron chi connectivity index (χ4n) is 4.60. The molecule has 1 atom stereocenters. The van der Waals surface area contributed by atoms with E-state index < -0.39 is 0 Å². The highest BCUT2D eigenvalue weighted by atomic mass is 32.1. The molecule has 0 aromatic carbocycles. The van der Waals surface area contributed by atoms with E-state index in [4.69, 9.17) is 24.5 Å². The summed E-state index contributed by atoms with van der Waals surface area (Å²) >= 11 is 1.78. The lowest BCUT2D eigenvalue weighted by atomic mass is 10.0. The molecule has 0 aliphatic carbocycles. The van der Waals surface area contributed by atoms with Gasteiger partial charge in [-0.05, 0) is 52.9 Å². The minimum absolute atomic E-state index is 0.0575. The van der Waals surface area contributed by atoms with Gasteiger partial charge in [0.1, 0.15) is 6.10 Å². The van der Waals surface area contributed by atoms with E-state index in [-0.39, 0.29) is 6.10 Å². The number of likely N-dealkylation sites (tertiary alicyclic amines) is 1. The maximum absolute atomic E-state index is 6.03. The van der Waals surface area contributed by atoms with Crippen LogP contribution in [0.1, 0.15) is 54.6 Å². The van der Waals surface area contributed by atoms with Gasteiger partial charge in [0.25, 0.3) is 0 Å². The minimum Gasteiger partial charge on any atom is -0.381 e. The van der Waals surface area contributed by atoms with E-state index in [1.54, 1.807) is 11.3 Å². The first-order valence-electron chi connectivity index (χ1n) is 11.2. The van der Waals surface area contributed by atoms with Crippen LogP contribution in [0.25, 0.3) is 10.7 Å². The van der Waals surface area contributed by atoms with Gasteiger partial charge in [-0.2, -0.15) is 5.10 Å². The van der Waals surface area contributed by atoms with Crippen molar-refractivity contribution in [1.29, 1.82) is 0 Å². The van der Waals surface area contributed by atoms with Crippen molar-refractivity contribution in [1.82, 2.24) is 29.5 Å². The molecule has 2 aromatic rings. The van der Waals surface area contributed by atoms with Gasteiger partial charge in [-0.15, -0.1) is 11.3 Å². The molecule has 3 saturated heterocycles. The molecule has 164 valence electrons. The average Bonchev–Trinajstić information content (AvgIpc) is 3.43. The van der Waals surface area contributed by atoms with Crippen LogP contribution in [0, 0.1) is 0 Å². The Bertz CT molecular complexity index is 840. The van der Waals surface area contributed by atoms with Crippen LogP contribution in [0.15, 0.2) is 6.20 Å². The molecular formula is C21H32N6O2S. The van der Waals surface area contributed by atoms with E-state index in [0.29, 0.717) is 12.0 Å². The summed E-state index contributed by atoms with van der Waals surface area (Å²) in [5.41, 5.74) is 0. The van der Waals surface area contributed by atoms with Crippen molar-refractivity contribution < 1.29 is 9.47 Å². The molecule has 3 fully saturated rings. The number of nitrogens with zero attached hydrogens (tertiary/aromatic N) is 6. The summed E-state index contributed by atoms with van der Waals surface area (Å²) < 4.78 is 13.7. The van der Waals surface area contributed by atoms with Crippen molar-refractivity contribution in [3.05, 3.63) is 17.0 Å². The quantitative estimate of drug-likeness (QED) is 0.735. The summed E-state index contributed by atoms with van der Waals surface area (Å²) in [7, 11) is 4.33. The van der Waals surface area contributed by atoms with Crippen LogP contribution in [0.4, 0.5) is 0 Å². The third kappa shape index (κ3) is 4.31. The maximum Gasteiger partial charge on any atom is 0.181 e. The highest BCUT2D eigenvalue weighted by Crippen LogP contribution is 2.36.